The van der Waals surface area contributed by atoms with Crippen LogP contribution in [0.15, 0.2) is 54.6 Å². The number of piperidine rings is 1. The molecule has 0 aliphatic carbocycles. The van der Waals surface area contributed by atoms with Crippen molar-refractivity contribution in [2.24, 2.45) is 5.92 Å². The summed E-state index contributed by atoms with van der Waals surface area (Å²) in [7, 11) is 0. The zero-order chi connectivity index (χ0) is 19.1. The zero-order valence-corrected chi connectivity index (χ0v) is 15.0. The van der Waals surface area contributed by atoms with Gasteiger partial charge in [0.25, 0.3) is 5.91 Å². The second-order valence-corrected chi connectivity index (χ2v) is 6.41. The molecule has 0 atom stereocenters. The normalized spacial score (nSPS) is 14.6. The molecule has 0 aromatic heterocycles. The first-order valence-corrected chi connectivity index (χ1v) is 9.07. The number of nitrogens with zero attached hydrogens (tertiary/aromatic N) is 1. The average Bonchev–Trinajstić information content (AvgIpc) is 2.72. The van der Waals surface area contributed by atoms with Crippen LogP contribution in [0.1, 0.15) is 23.2 Å². The van der Waals surface area contributed by atoms with Crippen LogP contribution in [0.5, 0.6) is 11.5 Å². The van der Waals surface area contributed by atoms with E-state index in [0.29, 0.717) is 50.5 Å². The third-order valence-corrected chi connectivity index (χ3v) is 4.60. The molecule has 1 amide bonds. The molecule has 1 N–H and O–H groups in total. The minimum atomic E-state index is -0.788. The minimum Gasteiger partial charge on any atom is -0.490 e. The summed E-state index contributed by atoms with van der Waals surface area (Å²) in [6.07, 6.45) is 0.962. The smallest absolute Gasteiger partial charge is 0.306 e. The Bertz CT molecular complexity index is 769. The van der Waals surface area contributed by atoms with Crippen LogP contribution >= 0.6 is 0 Å². The van der Waals surface area contributed by atoms with Gasteiger partial charge in [0, 0.05) is 13.1 Å². The Hall–Kier alpha value is -3.02. The fraction of sp³-hybridized carbons (Fsp3) is 0.333. The van der Waals surface area contributed by atoms with Crippen molar-refractivity contribution in [2.45, 2.75) is 12.8 Å². The minimum absolute atomic E-state index is 0.126. The van der Waals surface area contributed by atoms with E-state index in [2.05, 4.69) is 0 Å². The monoisotopic (exact) mass is 369 g/mol. The fourth-order valence-electron chi connectivity index (χ4n) is 3.10. The molecule has 27 heavy (non-hydrogen) atoms. The number of para-hydroxylation sites is 2. The summed E-state index contributed by atoms with van der Waals surface area (Å²) < 4.78 is 11.4. The molecule has 0 radical (unpaired) electrons. The number of likely N-dealkylation sites (tertiary alicyclic amines) is 1. The summed E-state index contributed by atoms with van der Waals surface area (Å²) >= 11 is 0. The van der Waals surface area contributed by atoms with Crippen molar-refractivity contribution >= 4 is 11.9 Å². The lowest BCUT2D eigenvalue weighted by Gasteiger charge is -2.30. The Morgan fingerprint density at radius 2 is 1.56 bits per heavy atom. The molecular formula is C21H23NO5. The van der Waals surface area contributed by atoms with Crippen LogP contribution in [0.25, 0.3) is 0 Å². The van der Waals surface area contributed by atoms with Gasteiger partial charge in [0.15, 0.2) is 0 Å². The number of carbonyl (C=O) groups is 2. The number of ether oxygens (including phenoxy) is 2. The number of hydrogen-bond donors (Lipinski definition) is 1. The second-order valence-electron chi connectivity index (χ2n) is 6.41. The first-order valence-electron chi connectivity index (χ1n) is 9.07. The SMILES string of the molecule is O=C(O)C1CCN(C(=O)c2ccccc2OCCOc2ccccc2)CC1. The van der Waals surface area contributed by atoms with Gasteiger partial charge in [0.2, 0.25) is 0 Å². The molecule has 6 heteroatoms. The number of benzene rings is 2. The largest absolute Gasteiger partial charge is 0.490 e. The van der Waals surface area contributed by atoms with Gasteiger partial charge in [-0.3, -0.25) is 9.59 Å². The highest BCUT2D eigenvalue weighted by atomic mass is 16.5. The van der Waals surface area contributed by atoms with E-state index in [1.165, 1.54) is 0 Å². The van der Waals surface area contributed by atoms with Gasteiger partial charge in [0.05, 0.1) is 11.5 Å². The first-order chi connectivity index (χ1) is 13.1. The van der Waals surface area contributed by atoms with Crippen molar-refractivity contribution in [3.8, 4) is 11.5 Å². The molecule has 1 heterocycles. The van der Waals surface area contributed by atoms with E-state index in [0.717, 1.165) is 5.75 Å². The van der Waals surface area contributed by atoms with Crippen molar-refractivity contribution in [1.29, 1.82) is 0 Å². The molecule has 1 fully saturated rings. The van der Waals surface area contributed by atoms with E-state index in [-0.39, 0.29) is 11.8 Å². The molecular weight excluding hydrogens is 346 g/mol. The molecule has 3 rings (SSSR count). The van der Waals surface area contributed by atoms with E-state index in [1.54, 1.807) is 23.1 Å². The van der Waals surface area contributed by atoms with Crippen molar-refractivity contribution < 1.29 is 24.2 Å². The highest BCUT2D eigenvalue weighted by molar-refractivity contribution is 5.97. The third kappa shape index (κ3) is 5.00. The Kier molecular flexibility index (Phi) is 6.30. The number of rotatable bonds is 7. The van der Waals surface area contributed by atoms with E-state index in [9.17, 15) is 9.59 Å². The summed E-state index contributed by atoms with van der Waals surface area (Å²) in [6, 6.07) is 16.6. The molecule has 6 nitrogen and oxygen atoms in total. The van der Waals surface area contributed by atoms with Crippen LogP contribution < -0.4 is 9.47 Å². The van der Waals surface area contributed by atoms with Crippen LogP contribution in [-0.4, -0.2) is 48.2 Å². The lowest BCUT2D eigenvalue weighted by Crippen LogP contribution is -2.40. The van der Waals surface area contributed by atoms with Crippen LogP contribution in [-0.2, 0) is 4.79 Å². The quantitative estimate of drug-likeness (QED) is 0.759. The maximum atomic E-state index is 12.8. The van der Waals surface area contributed by atoms with Crippen LogP contribution in [0.2, 0.25) is 0 Å². The zero-order valence-electron chi connectivity index (χ0n) is 15.0. The first kappa shape index (κ1) is 18.8. The van der Waals surface area contributed by atoms with E-state index < -0.39 is 5.97 Å². The summed E-state index contributed by atoms with van der Waals surface area (Å²) in [5.41, 5.74) is 0.492. The van der Waals surface area contributed by atoms with Crippen molar-refractivity contribution in [3.05, 3.63) is 60.2 Å². The summed E-state index contributed by atoms with van der Waals surface area (Å²) in [6.45, 7) is 1.58. The lowest BCUT2D eigenvalue weighted by atomic mass is 9.96. The van der Waals surface area contributed by atoms with Crippen LogP contribution in [0, 0.1) is 5.92 Å². The predicted molar refractivity (Wildman–Crippen MR) is 100 cm³/mol. The lowest BCUT2D eigenvalue weighted by molar-refractivity contribution is -0.143. The molecule has 0 unspecified atom stereocenters. The third-order valence-electron chi connectivity index (χ3n) is 4.60. The van der Waals surface area contributed by atoms with Crippen molar-refractivity contribution in [1.82, 2.24) is 4.90 Å². The Labute approximate surface area is 158 Å². The fourth-order valence-corrected chi connectivity index (χ4v) is 3.10. The topological polar surface area (TPSA) is 76.1 Å². The van der Waals surface area contributed by atoms with Gasteiger partial charge in [-0.05, 0) is 37.1 Å². The maximum absolute atomic E-state index is 12.8. The average molecular weight is 369 g/mol. The molecule has 1 aliphatic rings. The van der Waals surface area contributed by atoms with Crippen LogP contribution in [0.4, 0.5) is 0 Å². The number of carbonyl (C=O) groups excluding carboxylic acids is 1. The molecule has 2 aromatic carbocycles. The van der Waals surface area contributed by atoms with Crippen LogP contribution in [0.3, 0.4) is 0 Å². The maximum Gasteiger partial charge on any atom is 0.306 e. The molecule has 1 aliphatic heterocycles. The number of carboxylic acid groups (broad SMARTS) is 1. The summed E-state index contributed by atoms with van der Waals surface area (Å²) in [4.78, 5) is 25.6. The molecule has 0 bridgehead atoms. The van der Waals surface area contributed by atoms with Crippen molar-refractivity contribution in [3.63, 3.8) is 0 Å². The number of carboxylic acids is 1. The number of aliphatic carboxylic acids is 1. The second kappa shape index (κ2) is 9.07. The van der Waals surface area contributed by atoms with Gasteiger partial charge in [-0.25, -0.2) is 0 Å². The molecule has 0 saturated carbocycles. The van der Waals surface area contributed by atoms with Crippen molar-refractivity contribution in [2.75, 3.05) is 26.3 Å². The number of hydrogen-bond acceptors (Lipinski definition) is 4. The molecule has 142 valence electrons. The predicted octanol–water partition coefficient (Wildman–Crippen LogP) is 3.08. The highest BCUT2D eigenvalue weighted by Gasteiger charge is 2.28. The van der Waals surface area contributed by atoms with Gasteiger partial charge >= 0.3 is 5.97 Å². The summed E-state index contributed by atoms with van der Waals surface area (Å²) in [5.74, 6) is 0.00428. The standard InChI is InChI=1S/C21H23NO5/c23-20(22-12-10-16(11-13-22)21(24)25)18-8-4-5-9-19(18)27-15-14-26-17-6-2-1-3-7-17/h1-9,16H,10-15H2,(H,24,25). The van der Waals surface area contributed by atoms with Gasteiger partial charge in [-0.2, -0.15) is 0 Å². The molecule has 2 aromatic rings. The van der Waals surface area contributed by atoms with Gasteiger partial charge in [-0.1, -0.05) is 30.3 Å². The Morgan fingerprint density at radius 3 is 2.26 bits per heavy atom. The molecule has 1 saturated heterocycles. The van der Waals surface area contributed by atoms with E-state index in [4.69, 9.17) is 14.6 Å². The highest BCUT2D eigenvalue weighted by Crippen LogP contribution is 2.24. The van der Waals surface area contributed by atoms with E-state index >= 15 is 0 Å². The summed E-state index contributed by atoms with van der Waals surface area (Å²) in [5, 5.41) is 9.09. The van der Waals surface area contributed by atoms with E-state index in [1.807, 2.05) is 36.4 Å². The van der Waals surface area contributed by atoms with Gasteiger partial charge in [0.1, 0.15) is 24.7 Å². The number of amides is 1. The Balaban J connectivity index is 1.55. The Morgan fingerprint density at radius 1 is 0.926 bits per heavy atom. The van der Waals surface area contributed by atoms with Gasteiger partial charge < -0.3 is 19.5 Å². The van der Waals surface area contributed by atoms with Gasteiger partial charge in [-0.15, -0.1) is 0 Å². The molecule has 0 spiro atoms.